The number of hydrogen-bond acceptors (Lipinski definition) is 4. The third-order valence-electron chi connectivity index (χ3n) is 3.95. The topological polar surface area (TPSA) is 47.0 Å². The van der Waals surface area contributed by atoms with E-state index in [0.717, 1.165) is 36.6 Å². The molecule has 118 valence electrons. The van der Waals surface area contributed by atoms with Gasteiger partial charge < -0.3 is 10.1 Å². The molecule has 0 saturated heterocycles. The van der Waals surface area contributed by atoms with Crippen LogP contribution in [0.3, 0.4) is 0 Å². The Bertz CT molecular complexity index is 473. The zero-order chi connectivity index (χ0) is 15.5. The Kier molecular flexibility index (Phi) is 4.99. The molecule has 1 aliphatic carbocycles. The van der Waals surface area contributed by atoms with Crippen LogP contribution in [0.5, 0.6) is 0 Å². The van der Waals surface area contributed by atoms with E-state index < -0.39 is 0 Å². The van der Waals surface area contributed by atoms with Crippen LogP contribution in [0, 0.1) is 6.92 Å². The van der Waals surface area contributed by atoms with Crippen molar-refractivity contribution in [2.45, 2.75) is 78.0 Å². The van der Waals surface area contributed by atoms with E-state index in [-0.39, 0.29) is 11.1 Å². The summed E-state index contributed by atoms with van der Waals surface area (Å²) >= 11 is 0. The highest BCUT2D eigenvalue weighted by Gasteiger charge is 2.39. The Morgan fingerprint density at radius 3 is 2.48 bits per heavy atom. The first-order valence-corrected chi connectivity index (χ1v) is 8.09. The second kappa shape index (κ2) is 6.41. The minimum absolute atomic E-state index is 0.0873. The van der Waals surface area contributed by atoms with Crippen LogP contribution in [0.4, 0.5) is 0 Å². The first kappa shape index (κ1) is 16.4. The number of ether oxygens (including phenoxy) is 1. The highest BCUT2D eigenvalue weighted by molar-refractivity contribution is 5.15. The van der Waals surface area contributed by atoms with Crippen LogP contribution in [-0.4, -0.2) is 22.1 Å². The van der Waals surface area contributed by atoms with Gasteiger partial charge >= 0.3 is 0 Å². The van der Waals surface area contributed by atoms with Crippen molar-refractivity contribution in [1.82, 2.24) is 15.3 Å². The Morgan fingerprint density at radius 2 is 1.90 bits per heavy atom. The van der Waals surface area contributed by atoms with Gasteiger partial charge in [0.15, 0.2) is 5.82 Å². The van der Waals surface area contributed by atoms with Crippen molar-refractivity contribution in [2.24, 2.45) is 0 Å². The third kappa shape index (κ3) is 4.24. The minimum Gasteiger partial charge on any atom is -0.367 e. The molecule has 0 radical (unpaired) electrons. The highest BCUT2D eigenvalue weighted by Crippen LogP contribution is 2.40. The zero-order valence-electron chi connectivity index (χ0n) is 14.1. The zero-order valence-corrected chi connectivity index (χ0v) is 14.1. The number of aromatic nitrogens is 2. The Hall–Kier alpha value is -1.00. The Labute approximate surface area is 128 Å². The fourth-order valence-corrected chi connectivity index (χ4v) is 2.94. The fraction of sp³-hybridized carbons (Fsp3) is 0.765. The van der Waals surface area contributed by atoms with Gasteiger partial charge in [-0.2, -0.15) is 0 Å². The lowest BCUT2D eigenvalue weighted by Gasteiger charge is -2.28. The van der Waals surface area contributed by atoms with Crippen LogP contribution in [0.15, 0.2) is 6.07 Å². The van der Waals surface area contributed by atoms with Crippen molar-refractivity contribution in [1.29, 1.82) is 0 Å². The smallest absolute Gasteiger partial charge is 0.160 e. The Balaban J connectivity index is 2.25. The number of aryl methyl sites for hydroxylation is 1. The molecular formula is C17H29N3O. The predicted octanol–water partition coefficient (Wildman–Crippen LogP) is 3.48. The van der Waals surface area contributed by atoms with Gasteiger partial charge in [-0.15, -0.1) is 0 Å². The molecule has 0 unspecified atom stereocenters. The summed E-state index contributed by atoms with van der Waals surface area (Å²) < 4.78 is 6.09. The summed E-state index contributed by atoms with van der Waals surface area (Å²) in [6.45, 7) is 12.1. The molecule has 1 aliphatic rings. The van der Waals surface area contributed by atoms with E-state index in [1.54, 1.807) is 0 Å². The summed E-state index contributed by atoms with van der Waals surface area (Å²) in [4.78, 5) is 9.50. The van der Waals surface area contributed by atoms with Crippen LogP contribution in [0.2, 0.25) is 0 Å². The Morgan fingerprint density at radius 1 is 1.24 bits per heavy atom. The summed E-state index contributed by atoms with van der Waals surface area (Å²) in [5.41, 5.74) is 1.91. The molecule has 0 bridgehead atoms. The van der Waals surface area contributed by atoms with E-state index in [9.17, 15) is 0 Å². The van der Waals surface area contributed by atoms with Gasteiger partial charge in [0.25, 0.3) is 0 Å². The molecule has 0 spiro atoms. The molecule has 1 N–H and O–H groups in total. The standard InChI is InChI=1S/C17H29N3O/c1-6-21-17(9-7-8-10-17)15-19-13(2)11-14(20-15)12-18-16(3,4)5/h11,18H,6-10,12H2,1-5H3. The summed E-state index contributed by atoms with van der Waals surface area (Å²) in [7, 11) is 0. The highest BCUT2D eigenvalue weighted by atomic mass is 16.5. The van der Waals surface area contributed by atoms with Gasteiger partial charge in [-0.25, -0.2) is 9.97 Å². The molecule has 0 aliphatic heterocycles. The second-order valence-electron chi connectivity index (χ2n) is 7.06. The van der Waals surface area contributed by atoms with E-state index in [2.05, 4.69) is 44.1 Å². The first-order chi connectivity index (χ1) is 9.85. The number of hydrogen-bond donors (Lipinski definition) is 1. The van der Waals surface area contributed by atoms with Crippen molar-refractivity contribution in [3.05, 3.63) is 23.3 Å². The van der Waals surface area contributed by atoms with Gasteiger partial charge in [-0.1, -0.05) is 0 Å². The quantitative estimate of drug-likeness (QED) is 0.902. The second-order valence-corrected chi connectivity index (χ2v) is 7.06. The van der Waals surface area contributed by atoms with E-state index in [1.807, 2.05) is 6.92 Å². The van der Waals surface area contributed by atoms with Crippen LogP contribution < -0.4 is 5.32 Å². The lowest BCUT2D eigenvalue weighted by molar-refractivity contribution is -0.0459. The maximum absolute atomic E-state index is 6.09. The SMILES string of the molecule is CCOC1(c2nc(C)cc(CNC(C)(C)C)n2)CCCC1. The van der Waals surface area contributed by atoms with Gasteiger partial charge in [-0.3, -0.25) is 0 Å². The molecule has 1 aromatic heterocycles. The third-order valence-corrected chi connectivity index (χ3v) is 3.95. The lowest BCUT2D eigenvalue weighted by atomic mass is 10.0. The number of rotatable bonds is 5. The largest absolute Gasteiger partial charge is 0.367 e. The lowest BCUT2D eigenvalue weighted by Crippen LogP contribution is -2.36. The van der Waals surface area contributed by atoms with Gasteiger partial charge in [0, 0.05) is 24.4 Å². The number of nitrogens with zero attached hydrogens (tertiary/aromatic N) is 2. The number of nitrogens with one attached hydrogen (secondary N) is 1. The maximum atomic E-state index is 6.09. The van der Waals surface area contributed by atoms with E-state index >= 15 is 0 Å². The summed E-state index contributed by atoms with van der Waals surface area (Å²) in [5, 5.41) is 3.50. The molecule has 4 nitrogen and oxygen atoms in total. The molecule has 2 rings (SSSR count). The van der Waals surface area contributed by atoms with Crippen LogP contribution in [0.25, 0.3) is 0 Å². The minimum atomic E-state index is -0.253. The monoisotopic (exact) mass is 291 g/mol. The predicted molar refractivity (Wildman–Crippen MR) is 85.1 cm³/mol. The van der Waals surface area contributed by atoms with Gasteiger partial charge in [0.2, 0.25) is 0 Å². The summed E-state index contributed by atoms with van der Waals surface area (Å²) in [5.74, 6) is 0.882. The van der Waals surface area contributed by atoms with E-state index in [4.69, 9.17) is 9.72 Å². The molecule has 0 amide bonds. The maximum Gasteiger partial charge on any atom is 0.160 e. The molecule has 1 aromatic rings. The van der Waals surface area contributed by atoms with Gasteiger partial charge in [0.1, 0.15) is 5.60 Å². The van der Waals surface area contributed by atoms with Crippen LogP contribution >= 0.6 is 0 Å². The van der Waals surface area contributed by atoms with Crippen LogP contribution in [-0.2, 0) is 16.9 Å². The fourth-order valence-electron chi connectivity index (χ4n) is 2.94. The molecule has 0 atom stereocenters. The molecular weight excluding hydrogens is 262 g/mol. The van der Waals surface area contributed by atoms with Crippen molar-refractivity contribution in [3.63, 3.8) is 0 Å². The van der Waals surface area contributed by atoms with Crippen molar-refractivity contribution in [3.8, 4) is 0 Å². The van der Waals surface area contributed by atoms with E-state index in [1.165, 1.54) is 12.8 Å². The molecule has 1 saturated carbocycles. The normalized spacial score (nSPS) is 18.1. The van der Waals surface area contributed by atoms with Gasteiger partial charge in [-0.05, 0) is 66.4 Å². The van der Waals surface area contributed by atoms with Crippen molar-refractivity contribution >= 4 is 0 Å². The average Bonchev–Trinajstić information content (AvgIpc) is 2.85. The average molecular weight is 291 g/mol. The van der Waals surface area contributed by atoms with E-state index in [0.29, 0.717) is 6.61 Å². The molecule has 21 heavy (non-hydrogen) atoms. The molecule has 1 heterocycles. The van der Waals surface area contributed by atoms with Crippen LogP contribution in [0.1, 0.15) is 70.6 Å². The van der Waals surface area contributed by atoms with Crippen molar-refractivity contribution in [2.75, 3.05) is 6.61 Å². The van der Waals surface area contributed by atoms with Gasteiger partial charge in [0.05, 0.1) is 5.69 Å². The molecule has 1 fully saturated rings. The van der Waals surface area contributed by atoms with Crippen molar-refractivity contribution < 1.29 is 4.74 Å². The summed E-state index contributed by atoms with van der Waals surface area (Å²) in [6, 6.07) is 2.07. The molecule has 4 heteroatoms. The summed E-state index contributed by atoms with van der Waals surface area (Å²) in [6.07, 6.45) is 4.48. The molecule has 0 aromatic carbocycles. The first-order valence-electron chi connectivity index (χ1n) is 8.09.